The summed E-state index contributed by atoms with van der Waals surface area (Å²) in [4.78, 5) is 10.6. The minimum absolute atomic E-state index is 0.572. The summed E-state index contributed by atoms with van der Waals surface area (Å²) in [6, 6.07) is 2.09. The fraction of sp³-hybridized carbons (Fsp3) is 0.538. The normalized spacial score (nSPS) is 17.5. The second-order valence-electron chi connectivity index (χ2n) is 4.65. The van der Waals surface area contributed by atoms with Crippen LogP contribution in [0.4, 0.5) is 5.82 Å². The van der Waals surface area contributed by atoms with E-state index in [-0.39, 0.29) is 0 Å². The van der Waals surface area contributed by atoms with Crippen LogP contribution in [0.5, 0.6) is 0 Å². The highest BCUT2D eigenvalue weighted by atomic mass is 32.1. The molecule has 1 fully saturated rings. The maximum Gasteiger partial charge on any atom is 0.138 e. The molecular formula is C13H17N3S. The Hall–Kier alpha value is -1.16. The lowest BCUT2D eigenvalue weighted by Gasteiger charge is -2.20. The van der Waals surface area contributed by atoms with Crippen molar-refractivity contribution in [1.29, 1.82) is 0 Å². The molecule has 0 unspecified atom stereocenters. The van der Waals surface area contributed by atoms with Crippen LogP contribution in [0.1, 0.15) is 43.8 Å². The number of thiophene rings is 1. The third-order valence-electron chi connectivity index (χ3n) is 3.55. The Morgan fingerprint density at radius 3 is 2.82 bits per heavy atom. The zero-order valence-corrected chi connectivity index (χ0v) is 10.9. The minimum Gasteiger partial charge on any atom is -0.372 e. The van der Waals surface area contributed by atoms with E-state index >= 15 is 0 Å². The van der Waals surface area contributed by atoms with E-state index in [0.29, 0.717) is 5.92 Å². The predicted octanol–water partition coefficient (Wildman–Crippen LogP) is 3.78. The molecule has 3 rings (SSSR count). The molecule has 1 saturated carbocycles. The summed E-state index contributed by atoms with van der Waals surface area (Å²) < 4.78 is 0. The summed E-state index contributed by atoms with van der Waals surface area (Å²) in [7, 11) is 1.93. The predicted molar refractivity (Wildman–Crippen MR) is 72.8 cm³/mol. The maximum absolute atomic E-state index is 4.73. The van der Waals surface area contributed by atoms with Crippen LogP contribution in [0.25, 0.3) is 10.2 Å². The molecule has 17 heavy (non-hydrogen) atoms. The zero-order chi connectivity index (χ0) is 11.7. The quantitative estimate of drug-likeness (QED) is 0.877. The van der Waals surface area contributed by atoms with E-state index < -0.39 is 0 Å². The lowest BCUT2D eigenvalue weighted by molar-refractivity contribution is 0.430. The smallest absolute Gasteiger partial charge is 0.138 e. The fourth-order valence-corrected chi connectivity index (χ4v) is 3.38. The van der Waals surface area contributed by atoms with Gasteiger partial charge in [0.25, 0.3) is 0 Å². The Labute approximate surface area is 105 Å². The Bertz CT molecular complexity index is 514. The summed E-state index contributed by atoms with van der Waals surface area (Å²) in [5.41, 5.74) is 0. The van der Waals surface area contributed by atoms with E-state index in [1.165, 1.54) is 32.1 Å². The van der Waals surface area contributed by atoms with E-state index in [1.54, 1.807) is 11.3 Å². The van der Waals surface area contributed by atoms with Crippen LogP contribution in [0.15, 0.2) is 11.4 Å². The average molecular weight is 247 g/mol. The van der Waals surface area contributed by atoms with Crippen molar-refractivity contribution in [2.75, 3.05) is 12.4 Å². The van der Waals surface area contributed by atoms with Crippen molar-refractivity contribution in [3.8, 4) is 0 Å². The van der Waals surface area contributed by atoms with Gasteiger partial charge in [0.1, 0.15) is 16.5 Å². The Morgan fingerprint density at radius 1 is 1.24 bits per heavy atom. The highest BCUT2D eigenvalue weighted by molar-refractivity contribution is 7.16. The molecule has 90 valence electrons. The molecule has 3 nitrogen and oxygen atoms in total. The molecule has 0 spiro atoms. The van der Waals surface area contributed by atoms with Gasteiger partial charge in [0.2, 0.25) is 0 Å². The average Bonchev–Trinajstić information content (AvgIpc) is 2.86. The lowest BCUT2D eigenvalue weighted by atomic mass is 9.89. The standard InChI is InChI=1S/C13H17N3S/c1-14-12-10-7-8-17-13(10)16-11(15-12)9-5-3-2-4-6-9/h7-9H,2-6H2,1H3,(H,14,15,16). The molecule has 0 aliphatic heterocycles. The molecule has 0 saturated heterocycles. The highest BCUT2D eigenvalue weighted by Gasteiger charge is 2.19. The van der Waals surface area contributed by atoms with Gasteiger partial charge in [-0.2, -0.15) is 0 Å². The van der Waals surface area contributed by atoms with Crippen molar-refractivity contribution in [2.24, 2.45) is 0 Å². The summed E-state index contributed by atoms with van der Waals surface area (Å²) >= 11 is 1.70. The van der Waals surface area contributed by atoms with Gasteiger partial charge in [0.15, 0.2) is 0 Å². The van der Waals surface area contributed by atoms with Crippen molar-refractivity contribution in [1.82, 2.24) is 9.97 Å². The van der Waals surface area contributed by atoms with Gasteiger partial charge >= 0.3 is 0 Å². The first-order valence-corrected chi connectivity index (χ1v) is 7.19. The molecule has 1 aliphatic carbocycles. The summed E-state index contributed by atoms with van der Waals surface area (Å²) in [5, 5.41) is 6.43. The molecule has 0 atom stereocenters. The summed E-state index contributed by atoms with van der Waals surface area (Å²) in [5.74, 6) is 2.60. The Morgan fingerprint density at radius 2 is 2.06 bits per heavy atom. The van der Waals surface area contributed by atoms with Gasteiger partial charge < -0.3 is 5.32 Å². The number of fused-ring (bicyclic) bond motifs is 1. The first-order valence-electron chi connectivity index (χ1n) is 6.31. The van der Waals surface area contributed by atoms with Crippen molar-refractivity contribution in [2.45, 2.75) is 38.0 Å². The number of nitrogens with zero attached hydrogens (tertiary/aromatic N) is 2. The first-order chi connectivity index (χ1) is 8.38. The van der Waals surface area contributed by atoms with Crippen LogP contribution < -0.4 is 5.32 Å². The van der Waals surface area contributed by atoms with E-state index in [1.807, 2.05) is 7.05 Å². The molecule has 2 aromatic heterocycles. The molecular weight excluding hydrogens is 230 g/mol. The zero-order valence-electron chi connectivity index (χ0n) is 10.1. The lowest BCUT2D eigenvalue weighted by Crippen LogP contribution is -2.10. The van der Waals surface area contributed by atoms with Crippen molar-refractivity contribution in [3.05, 3.63) is 17.3 Å². The van der Waals surface area contributed by atoms with Crippen LogP contribution >= 0.6 is 11.3 Å². The highest BCUT2D eigenvalue weighted by Crippen LogP contribution is 2.33. The molecule has 0 bridgehead atoms. The van der Waals surface area contributed by atoms with Gasteiger partial charge in [-0.15, -0.1) is 11.3 Å². The largest absolute Gasteiger partial charge is 0.372 e. The molecule has 0 radical (unpaired) electrons. The second-order valence-corrected chi connectivity index (χ2v) is 5.55. The first kappa shape index (κ1) is 11.0. The van der Waals surface area contributed by atoms with Gasteiger partial charge in [-0.25, -0.2) is 9.97 Å². The third kappa shape index (κ3) is 2.02. The molecule has 2 heterocycles. The Kier molecular flexibility index (Phi) is 2.97. The van der Waals surface area contributed by atoms with E-state index in [9.17, 15) is 0 Å². The van der Waals surface area contributed by atoms with Gasteiger partial charge in [0, 0.05) is 13.0 Å². The van der Waals surface area contributed by atoms with Gasteiger partial charge in [-0.1, -0.05) is 19.3 Å². The molecule has 2 aromatic rings. The van der Waals surface area contributed by atoms with Crippen LogP contribution in [-0.2, 0) is 0 Å². The monoisotopic (exact) mass is 247 g/mol. The van der Waals surface area contributed by atoms with E-state index in [4.69, 9.17) is 9.97 Å². The second kappa shape index (κ2) is 4.61. The van der Waals surface area contributed by atoms with E-state index in [0.717, 1.165) is 21.9 Å². The summed E-state index contributed by atoms with van der Waals surface area (Å²) in [6.45, 7) is 0. The number of nitrogens with one attached hydrogen (secondary N) is 1. The minimum atomic E-state index is 0.572. The summed E-state index contributed by atoms with van der Waals surface area (Å²) in [6.07, 6.45) is 6.52. The molecule has 0 aromatic carbocycles. The third-order valence-corrected chi connectivity index (χ3v) is 4.36. The van der Waals surface area contributed by atoms with Crippen molar-refractivity contribution in [3.63, 3.8) is 0 Å². The van der Waals surface area contributed by atoms with Crippen LogP contribution in [0.2, 0.25) is 0 Å². The van der Waals surface area contributed by atoms with Crippen molar-refractivity contribution >= 4 is 27.4 Å². The van der Waals surface area contributed by atoms with Crippen LogP contribution in [-0.4, -0.2) is 17.0 Å². The van der Waals surface area contributed by atoms with Gasteiger partial charge in [-0.3, -0.25) is 0 Å². The topological polar surface area (TPSA) is 37.8 Å². The van der Waals surface area contributed by atoms with Crippen LogP contribution in [0, 0.1) is 0 Å². The molecule has 4 heteroatoms. The number of hydrogen-bond acceptors (Lipinski definition) is 4. The van der Waals surface area contributed by atoms with E-state index in [2.05, 4.69) is 16.8 Å². The molecule has 0 amide bonds. The van der Waals surface area contributed by atoms with Gasteiger partial charge in [0.05, 0.1) is 5.39 Å². The maximum atomic E-state index is 4.73. The van der Waals surface area contributed by atoms with Gasteiger partial charge in [-0.05, 0) is 24.3 Å². The number of rotatable bonds is 2. The van der Waals surface area contributed by atoms with Crippen LogP contribution in [0.3, 0.4) is 0 Å². The number of aromatic nitrogens is 2. The Balaban J connectivity index is 2.03. The molecule has 1 aliphatic rings. The SMILES string of the molecule is CNc1nc(C2CCCCC2)nc2sccc12. The van der Waals surface area contributed by atoms with Crippen molar-refractivity contribution < 1.29 is 0 Å². The number of hydrogen-bond donors (Lipinski definition) is 1. The number of anilines is 1. The molecule has 1 N–H and O–H groups in total. The fourth-order valence-electron chi connectivity index (χ4n) is 2.61.